The van der Waals surface area contributed by atoms with E-state index in [1.807, 2.05) is 31.2 Å². The molecule has 1 N–H and O–H groups in total. The van der Waals surface area contributed by atoms with E-state index in [0.717, 1.165) is 36.9 Å². The quantitative estimate of drug-likeness (QED) is 0.530. The molecule has 1 aromatic rings. The van der Waals surface area contributed by atoms with Gasteiger partial charge in [0, 0.05) is 19.0 Å². The summed E-state index contributed by atoms with van der Waals surface area (Å²) >= 11 is 5.83. The number of halogens is 1. The van der Waals surface area contributed by atoms with Crippen molar-refractivity contribution in [1.82, 2.24) is 5.32 Å². The molecule has 1 aromatic carbocycles. The lowest BCUT2D eigenvalue weighted by Crippen LogP contribution is -2.28. The zero-order chi connectivity index (χ0) is 14.3. The van der Waals surface area contributed by atoms with Crippen LogP contribution in [0.2, 0.25) is 0 Å². The molecule has 0 heterocycles. The summed E-state index contributed by atoms with van der Waals surface area (Å²) in [5.41, 5.74) is 0.477. The summed E-state index contributed by atoms with van der Waals surface area (Å²) in [5.74, 6) is 2.40. The predicted molar refractivity (Wildman–Crippen MR) is 83.0 cm³/mol. The molecule has 4 heteroatoms. The molecule has 0 amide bonds. The molecule has 1 aliphatic rings. The molecule has 112 valence electrons. The summed E-state index contributed by atoms with van der Waals surface area (Å²) in [6.45, 7) is 5.19. The average Bonchev–Trinajstić information content (AvgIpc) is 3.21. The average molecular weight is 298 g/mol. The Morgan fingerprint density at radius 1 is 1.20 bits per heavy atom. The normalized spacial score (nSPS) is 15.9. The van der Waals surface area contributed by atoms with E-state index in [-0.39, 0.29) is 0 Å². The van der Waals surface area contributed by atoms with Gasteiger partial charge >= 0.3 is 0 Å². The van der Waals surface area contributed by atoms with Crippen molar-refractivity contribution in [3.05, 3.63) is 24.3 Å². The van der Waals surface area contributed by atoms with Crippen molar-refractivity contribution in [3.8, 4) is 11.5 Å². The van der Waals surface area contributed by atoms with Crippen LogP contribution in [0.4, 0.5) is 0 Å². The number of alkyl halides is 1. The third-order valence-electron chi connectivity index (χ3n) is 3.77. The van der Waals surface area contributed by atoms with Gasteiger partial charge in [0.15, 0.2) is 11.5 Å². The second-order valence-corrected chi connectivity index (χ2v) is 5.72. The predicted octanol–water partition coefficient (Wildman–Crippen LogP) is 3.46. The van der Waals surface area contributed by atoms with E-state index >= 15 is 0 Å². The van der Waals surface area contributed by atoms with Crippen molar-refractivity contribution in [2.24, 2.45) is 5.41 Å². The summed E-state index contributed by atoms with van der Waals surface area (Å²) in [5, 5.41) is 3.47. The second kappa shape index (κ2) is 7.75. The van der Waals surface area contributed by atoms with Gasteiger partial charge in [-0.25, -0.2) is 0 Å². The van der Waals surface area contributed by atoms with Gasteiger partial charge in [-0.05, 0) is 43.7 Å². The van der Waals surface area contributed by atoms with Crippen LogP contribution in [0.15, 0.2) is 24.3 Å². The Labute approximate surface area is 126 Å². The van der Waals surface area contributed by atoms with Gasteiger partial charge in [-0.3, -0.25) is 0 Å². The number of hydrogen-bond acceptors (Lipinski definition) is 3. The Morgan fingerprint density at radius 3 is 2.50 bits per heavy atom. The molecular weight excluding hydrogens is 274 g/mol. The Morgan fingerprint density at radius 2 is 1.90 bits per heavy atom. The molecule has 0 saturated heterocycles. The number of para-hydroxylation sites is 2. The first-order valence-electron chi connectivity index (χ1n) is 7.41. The number of rotatable bonds is 10. The fourth-order valence-electron chi connectivity index (χ4n) is 2.32. The fourth-order valence-corrected chi connectivity index (χ4v) is 2.72. The maximum Gasteiger partial charge on any atom is 0.161 e. The lowest BCUT2D eigenvalue weighted by Gasteiger charge is -2.15. The van der Waals surface area contributed by atoms with Crippen molar-refractivity contribution in [1.29, 1.82) is 0 Å². The maximum atomic E-state index is 5.83. The molecule has 0 spiro atoms. The van der Waals surface area contributed by atoms with Crippen molar-refractivity contribution in [2.75, 3.05) is 32.2 Å². The topological polar surface area (TPSA) is 30.5 Å². The number of hydrogen-bond donors (Lipinski definition) is 1. The van der Waals surface area contributed by atoms with Crippen LogP contribution in [0.25, 0.3) is 0 Å². The van der Waals surface area contributed by atoms with Crippen LogP contribution in [0, 0.1) is 5.41 Å². The smallest absolute Gasteiger partial charge is 0.161 e. The lowest BCUT2D eigenvalue weighted by molar-refractivity contribution is 0.272. The molecule has 1 saturated carbocycles. The second-order valence-electron chi connectivity index (χ2n) is 5.34. The molecule has 2 rings (SSSR count). The van der Waals surface area contributed by atoms with Gasteiger partial charge in [0.05, 0.1) is 6.61 Å². The van der Waals surface area contributed by atoms with Crippen LogP contribution in [-0.2, 0) is 0 Å². The molecule has 1 aliphatic carbocycles. The van der Waals surface area contributed by atoms with Gasteiger partial charge in [-0.15, -0.1) is 11.6 Å². The van der Waals surface area contributed by atoms with Crippen LogP contribution in [0.1, 0.15) is 26.2 Å². The number of ether oxygens (including phenoxy) is 2. The summed E-state index contributed by atoms with van der Waals surface area (Å²) < 4.78 is 11.3. The minimum Gasteiger partial charge on any atom is -0.490 e. The molecule has 1 fully saturated rings. The Kier molecular flexibility index (Phi) is 5.99. The first-order valence-corrected chi connectivity index (χ1v) is 7.94. The summed E-state index contributed by atoms with van der Waals surface area (Å²) in [6.07, 6.45) is 3.73. The van der Waals surface area contributed by atoms with Gasteiger partial charge in [0.25, 0.3) is 0 Å². The van der Waals surface area contributed by atoms with Gasteiger partial charge < -0.3 is 14.8 Å². The van der Waals surface area contributed by atoms with Crippen LogP contribution in [-0.4, -0.2) is 32.2 Å². The van der Waals surface area contributed by atoms with Gasteiger partial charge in [-0.1, -0.05) is 12.1 Å². The molecule has 0 bridgehead atoms. The zero-order valence-corrected chi connectivity index (χ0v) is 12.9. The Balaban J connectivity index is 1.66. The van der Waals surface area contributed by atoms with E-state index in [1.54, 1.807) is 0 Å². The molecule has 3 nitrogen and oxygen atoms in total. The van der Waals surface area contributed by atoms with E-state index in [4.69, 9.17) is 21.1 Å². The molecule has 0 aliphatic heterocycles. The van der Waals surface area contributed by atoms with Crippen LogP contribution >= 0.6 is 11.6 Å². The van der Waals surface area contributed by atoms with E-state index < -0.39 is 0 Å². The highest BCUT2D eigenvalue weighted by molar-refractivity contribution is 6.17. The molecule has 0 atom stereocenters. The molecular formula is C16H24ClNO2. The minimum atomic E-state index is 0.477. The third-order valence-corrected chi connectivity index (χ3v) is 3.96. The fraction of sp³-hybridized carbons (Fsp3) is 0.625. The first kappa shape index (κ1) is 15.5. The molecule has 0 aromatic heterocycles. The highest BCUT2D eigenvalue weighted by atomic mass is 35.5. The molecule has 0 unspecified atom stereocenters. The minimum absolute atomic E-state index is 0.477. The van der Waals surface area contributed by atoms with Crippen LogP contribution in [0.5, 0.6) is 11.5 Å². The van der Waals surface area contributed by atoms with E-state index in [1.165, 1.54) is 12.8 Å². The van der Waals surface area contributed by atoms with E-state index in [2.05, 4.69) is 5.32 Å². The summed E-state index contributed by atoms with van der Waals surface area (Å²) in [4.78, 5) is 0. The van der Waals surface area contributed by atoms with Gasteiger partial charge in [-0.2, -0.15) is 0 Å². The standard InChI is InChI=1S/C16H24ClNO2/c1-2-19-14-5-3-4-6-15(14)20-12-11-18-13-16(7-8-16)9-10-17/h3-6,18H,2,7-13H2,1H3. The molecule has 0 radical (unpaired) electrons. The molecule has 20 heavy (non-hydrogen) atoms. The van der Waals surface area contributed by atoms with E-state index in [0.29, 0.717) is 18.6 Å². The van der Waals surface area contributed by atoms with Crippen LogP contribution < -0.4 is 14.8 Å². The summed E-state index contributed by atoms with van der Waals surface area (Å²) in [7, 11) is 0. The van der Waals surface area contributed by atoms with Gasteiger partial charge in [0.1, 0.15) is 6.61 Å². The first-order chi connectivity index (χ1) is 9.79. The number of nitrogens with one attached hydrogen (secondary N) is 1. The Hall–Kier alpha value is -0.930. The highest BCUT2D eigenvalue weighted by Gasteiger charge is 2.40. The monoisotopic (exact) mass is 297 g/mol. The highest BCUT2D eigenvalue weighted by Crippen LogP contribution is 2.48. The maximum absolute atomic E-state index is 5.83. The van der Waals surface area contributed by atoms with Gasteiger partial charge in [0.2, 0.25) is 0 Å². The summed E-state index contributed by atoms with van der Waals surface area (Å²) in [6, 6.07) is 7.80. The lowest BCUT2D eigenvalue weighted by atomic mass is 10.0. The van der Waals surface area contributed by atoms with Crippen molar-refractivity contribution in [2.45, 2.75) is 26.2 Å². The SMILES string of the molecule is CCOc1ccccc1OCCNCC1(CCCl)CC1. The van der Waals surface area contributed by atoms with Crippen molar-refractivity contribution in [3.63, 3.8) is 0 Å². The largest absolute Gasteiger partial charge is 0.490 e. The number of benzene rings is 1. The van der Waals surface area contributed by atoms with Crippen LogP contribution in [0.3, 0.4) is 0 Å². The third kappa shape index (κ3) is 4.57. The van der Waals surface area contributed by atoms with E-state index in [9.17, 15) is 0 Å². The zero-order valence-electron chi connectivity index (χ0n) is 12.2. The van der Waals surface area contributed by atoms with Crippen molar-refractivity contribution < 1.29 is 9.47 Å². The Bertz CT molecular complexity index is 407. The van der Waals surface area contributed by atoms with Crippen molar-refractivity contribution >= 4 is 11.6 Å².